The van der Waals surface area contributed by atoms with Crippen molar-refractivity contribution >= 4 is 23.5 Å². The number of hydrogen-bond acceptors (Lipinski definition) is 5. The fourth-order valence-electron chi connectivity index (χ4n) is 2.65. The summed E-state index contributed by atoms with van der Waals surface area (Å²) < 4.78 is 5.01. The third-order valence-electron chi connectivity index (χ3n) is 4.15. The summed E-state index contributed by atoms with van der Waals surface area (Å²) in [6.45, 7) is 3.45. The van der Waals surface area contributed by atoms with Gasteiger partial charge in [-0.2, -0.15) is 0 Å². The van der Waals surface area contributed by atoms with E-state index in [0.29, 0.717) is 23.4 Å². The monoisotopic (exact) mass is 397 g/mol. The molecule has 0 heterocycles. The number of anilines is 1. The molecule has 7 heteroatoms. The summed E-state index contributed by atoms with van der Waals surface area (Å²) in [6.07, 6.45) is 0.860. The average molecular weight is 397 g/mol. The van der Waals surface area contributed by atoms with Crippen LogP contribution in [0.15, 0.2) is 48.5 Å². The van der Waals surface area contributed by atoms with Gasteiger partial charge in [-0.05, 0) is 70.4 Å². The van der Waals surface area contributed by atoms with Crippen LogP contribution in [0.4, 0.5) is 5.69 Å². The number of benzene rings is 2. The predicted octanol–water partition coefficient (Wildman–Crippen LogP) is 2.80. The lowest BCUT2D eigenvalue weighted by molar-refractivity contribution is 0.0527. The lowest BCUT2D eigenvalue weighted by Gasteiger charge is -2.11. The number of hydrogen-bond donors (Lipinski definition) is 2. The van der Waals surface area contributed by atoms with Gasteiger partial charge >= 0.3 is 5.97 Å². The molecule has 0 spiro atoms. The molecule has 2 N–H and O–H groups in total. The Hall–Kier alpha value is -3.19. The molecule has 0 radical (unpaired) electrons. The smallest absolute Gasteiger partial charge is 0.340 e. The molecule has 2 aromatic carbocycles. The zero-order chi connectivity index (χ0) is 21.2. The quantitative estimate of drug-likeness (QED) is 0.502. The molecule has 0 atom stereocenters. The zero-order valence-electron chi connectivity index (χ0n) is 17.0. The van der Waals surface area contributed by atoms with E-state index in [0.717, 1.165) is 13.0 Å². The topological polar surface area (TPSA) is 87.7 Å². The van der Waals surface area contributed by atoms with E-state index in [9.17, 15) is 14.4 Å². The standard InChI is InChI=1S/C22H27N3O4/c1-4-29-22(28)18-8-5-6-9-19(18)24-21(27)17-12-10-16(11-13-17)20(26)23-14-7-15-25(2)3/h5-6,8-13H,4,7,14-15H2,1-3H3,(H,23,26)(H,24,27). The number of nitrogens with zero attached hydrogens (tertiary/aromatic N) is 1. The first-order chi connectivity index (χ1) is 13.9. The van der Waals surface area contributed by atoms with Gasteiger partial charge in [0.25, 0.3) is 11.8 Å². The van der Waals surface area contributed by atoms with Crippen LogP contribution in [-0.4, -0.2) is 56.5 Å². The second-order valence-corrected chi connectivity index (χ2v) is 6.71. The van der Waals surface area contributed by atoms with Crippen LogP contribution < -0.4 is 10.6 Å². The molecule has 0 saturated carbocycles. The highest BCUT2D eigenvalue weighted by Gasteiger charge is 2.15. The molecule has 2 rings (SSSR count). The minimum absolute atomic E-state index is 0.177. The van der Waals surface area contributed by atoms with E-state index < -0.39 is 5.97 Å². The van der Waals surface area contributed by atoms with Crippen LogP contribution in [0.5, 0.6) is 0 Å². The Morgan fingerprint density at radius 2 is 1.55 bits per heavy atom. The largest absolute Gasteiger partial charge is 0.462 e. The highest BCUT2D eigenvalue weighted by molar-refractivity contribution is 6.08. The normalized spacial score (nSPS) is 10.5. The fourth-order valence-corrected chi connectivity index (χ4v) is 2.65. The van der Waals surface area contributed by atoms with Crippen LogP contribution in [0.25, 0.3) is 0 Å². The second kappa shape index (κ2) is 11.0. The highest BCUT2D eigenvalue weighted by Crippen LogP contribution is 2.17. The van der Waals surface area contributed by atoms with Gasteiger partial charge < -0.3 is 20.3 Å². The third kappa shape index (κ3) is 6.73. The molecular formula is C22H27N3O4. The fraction of sp³-hybridized carbons (Fsp3) is 0.318. The first-order valence-electron chi connectivity index (χ1n) is 9.53. The van der Waals surface area contributed by atoms with Gasteiger partial charge in [0.2, 0.25) is 0 Å². The molecule has 2 aromatic rings. The van der Waals surface area contributed by atoms with Crippen LogP contribution in [0.1, 0.15) is 44.4 Å². The summed E-state index contributed by atoms with van der Waals surface area (Å²) in [4.78, 5) is 38.8. The Morgan fingerprint density at radius 3 is 2.17 bits per heavy atom. The summed E-state index contributed by atoms with van der Waals surface area (Å²) in [5.41, 5.74) is 1.53. The van der Waals surface area contributed by atoms with Crippen LogP contribution in [0, 0.1) is 0 Å². The lowest BCUT2D eigenvalue weighted by Crippen LogP contribution is -2.27. The number of esters is 1. The molecule has 154 valence electrons. The van der Waals surface area contributed by atoms with Gasteiger partial charge in [-0.3, -0.25) is 9.59 Å². The number of carbonyl (C=O) groups is 3. The molecule has 0 fully saturated rings. The van der Waals surface area contributed by atoms with E-state index in [-0.39, 0.29) is 24.0 Å². The van der Waals surface area contributed by atoms with Gasteiger partial charge in [0.15, 0.2) is 0 Å². The molecule has 7 nitrogen and oxygen atoms in total. The summed E-state index contributed by atoms with van der Waals surface area (Å²) >= 11 is 0. The van der Waals surface area contributed by atoms with Crippen LogP contribution in [0.3, 0.4) is 0 Å². The molecule has 0 aliphatic heterocycles. The van der Waals surface area contributed by atoms with Crippen molar-refractivity contribution in [3.8, 4) is 0 Å². The highest BCUT2D eigenvalue weighted by atomic mass is 16.5. The van der Waals surface area contributed by atoms with Crippen LogP contribution in [-0.2, 0) is 4.74 Å². The number of para-hydroxylation sites is 1. The minimum atomic E-state index is -0.496. The lowest BCUT2D eigenvalue weighted by atomic mass is 10.1. The predicted molar refractivity (Wildman–Crippen MR) is 112 cm³/mol. The van der Waals surface area contributed by atoms with Crippen molar-refractivity contribution in [2.24, 2.45) is 0 Å². The van der Waals surface area contributed by atoms with Crippen molar-refractivity contribution in [3.05, 3.63) is 65.2 Å². The van der Waals surface area contributed by atoms with Crippen LogP contribution in [0.2, 0.25) is 0 Å². The molecule has 2 amide bonds. The van der Waals surface area contributed by atoms with Gasteiger partial charge in [-0.15, -0.1) is 0 Å². The van der Waals surface area contributed by atoms with E-state index in [4.69, 9.17) is 4.74 Å². The maximum Gasteiger partial charge on any atom is 0.340 e. The number of amides is 2. The van der Waals surface area contributed by atoms with E-state index >= 15 is 0 Å². The van der Waals surface area contributed by atoms with E-state index in [2.05, 4.69) is 15.5 Å². The average Bonchev–Trinajstić information content (AvgIpc) is 2.71. The summed E-state index contributed by atoms with van der Waals surface area (Å²) in [6, 6.07) is 13.0. The molecule has 0 bridgehead atoms. The van der Waals surface area contributed by atoms with E-state index in [1.54, 1.807) is 55.5 Å². The minimum Gasteiger partial charge on any atom is -0.462 e. The van der Waals surface area contributed by atoms with Gasteiger partial charge in [0.1, 0.15) is 0 Å². The second-order valence-electron chi connectivity index (χ2n) is 6.71. The zero-order valence-corrected chi connectivity index (χ0v) is 17.0. The van der Waals surface area contributed by atoms with Crippen molar-refractivity contribution in [1.29, 1.82) is 0 Å². The van der Waals surface area contributed by atoms with Gasteiger partial charge in [-0.25, -0.2) is 4.79 Å². The number of carbonyl (C=O) groups excluding carboxylic acids is 3. The molecular weight excluding hydrogens is 370 g/mol. The number of ether oxygens (including phenoxy) is 1. The Morgan fingerprint density at radius 1 is 0.931 bits per heavy atom. The Kier molecular flexibility index (Phi) is 8.36. The van der Waals surface area contributed by atoms with Gasteiger partial charge in [0, 0.05) is 17.7 Å². The van der Waals surface area contributed by atoms with Gasteiger partial charge in [0.05, 0.1) is 17.9 Å². The first kappa shape index (κ1) is 22.1. The first-order valence-corrected chi connectivity index (χ1v) is 9.53. The SMILES string of the molecule is CCOC(=O)c1ccccc1NC(=O)c1ccc(C(=O)NCCCN(C)C)cc1. The maximum absolute atomic E-state index is 12.5. The Balaban J connectivity index is 1.99. The molecule has 0 aromatic heterocycles. The molecule has 0 aliphatic rings. The third-order valence-corrected chi connectivity index (χ3v) is 4.15. The van der Waals surface area contributed by atoms with E-state index in [1.165, 1.54) is 0 Å². The molecule has 29 heavy (non-hydrogen) atoms. The number of rotatable bonds is 9. The van der Waals surface area contributed by atoms with Crippen molar-refractivity contribution < 1.29 is 19.1 Å². The van der Waals surface area contributed by atoms with Crippen molar-refractivity contribution in [3.63, 3.8) is 0 Å². The van der Waals surface area contributed by atoms with Gasteiger partial charge in [-0.1, -0.05) is 12.1 Å². The summed E-state index contributed by atoms with van der Waals surface area (Å²) in [5, 5.41) is 5.58. The van der Waals surface area contributed by atoms with Crippen molar-refractivity contribution in [1.82, 2.24) is 10.2 Å². The summed E-state index contributed by atoms with van der Waals surface area (Å²) in [7, 11) is 3.97. The van der Waals surface area contributed by atoms with Crippen molar-refractivity contribution in [2.45, 2.75) is 13.3 Å². The maximum atomic E-state index is 12.5. The Bertz CT molecular complexity index is 847. The Labute approximate surface area is 171 Å². The van der Waals surface area contributed by atoms with Crippen molar-refractivity contribution in [2.75, 3.05) is 39.1 Å². The molecule has 0 saturated heterocycles. The molecule has 0 aliphatic carbocycles. The number of nitrogens with one attached hydrogen (secondary N) is 2. The van der Waals surface area contributed by atoms with Crippen LogP contribution >= 0.6 is 0 Å². The van der Waals surface area contributed by atoms with E-state index in [1.807, 2.05) is 14.1 Å². The molecule has 0 unspecified atom stereocenters. The summed E-state index contributed by atoms with van der Waals surface area (Å²) in [5.74, 6) is -1.05.